The van der Waals surface area contributed by atoms with Gasteiger partial charge in [0.25, 0.3) is 11.8 Å². The third-order valence-corrected chi connectivity index (χ3v) is 5.31. The molecule has 1 aliphatic heterocycles. The number of nitrogen functional groups attached to an aromatic ring is 1. The number of hydrogen-bond acceptors (Lipinski definition) is 12. The van der Waals surface area contributed by atoms with Gasteiger partial charge in [-0.3, -0.25) is 9.59 Å². The average Bonchev–Trinajstić information content (AvgIpc) is 3.07. The quantitative estimate of drug-likeness (QED) is 0.0675. The zero-order valence-electron chi connectivity index (χ0n) is 16.4. The number of aromatic nitrogens is 1. The molecule has 0 spiro atoms. The van der Waals surface area contributed by atoms with Crippen molar-refractivity contribution in [1.29, 1.82) is 0 Å². The molecule has 1 fully saturated rings. The molecule has 1 aromatic rings. The number of anilines is 1. The number of methoxy groups -OCH3 is 1. The molecule has 0 unspecified atom stereocenters. The van der Waals surface area contributed by atoms with Crippen molar-refractivity contribution in [3.05, 3.63) is 11.1 Å². The zero-order valence-corrected chi connectivity index (χ0v) is 20.0. The summed E-state index contributed by atoms with van der Waals surface area (Å²) in [6.07, 6.45) is 1.48. The SMILES string of the molecule is CCCCON=C(C(=O)N[C@@H]1C(=O)N(S(=O)(=O)[O-])[C@@H]1C(=O)OC)c1csc(N)n1.[Na+]. The van der Waals surface area contributed by atoms with E-state index in [1.54, 1.807) is 0 Å². The van der Waals surface area contributed by atoms with Gasteiger partial charge in [0.05, 0.1) is 7.11 Å². The van der Waals surface area contributed by atoms with Crippen LogP contribution in [-0.4, -0.2) is 71.6 Å². The van der Waals surface area contributed by atoms with Gasteiger partial charge >= 0.3 is 35.5 Å². The molecule has 0 bridgehead atoms. The number of esters is 1. The van der Waals surface area contributed by atoms with Crippen LogP contribution in [-0.2, 0) is 34.3 Å². The first-order valence-electron chi connectivity index (χ1n) is 8.20. The molecule has 0 aromatic carbocycles. The number of thiazole rings is 1. The van der Waals surface area contributed by atoms with Crippen LogP contribution in [0.4, 0.5) is 5.13 Å². The third-order valence-electron chi connectivity index (χ3n) is 3.75. The van der Waals surface area contributed by atoms with Gasteiger partial charge in [-0.25, -0.2) is 22.5 Å². The number of unbranched alkanes of at least 4 members (excludes halogenated alkanes) is 1. The van der Waals surface area contributed by atoms with Gasteiger partial charge in [-0.1, -0.05) is 18.5 Å². The molecule has 16 heteroatoms. The van der Waals surface area contributed by atoms with Crippen LogP contribution in [0.15, 0.2) is 10.5 Å². The van der Waals surface area contributed by atoms with E-state index >= 15 is 0 Å². The maximum atomic E-state index is 12.6. The van der Waals surface area contributed by atoms with Crippen molar-refractivity contribution in [2.24, 2.45) is 5.16 Å². The van der Waals surface area contributed by atoms with Crippen LogP contribution < -0.4 is 40.6 Å². The number of carbonyl (C=O) groups is 3. The number of nitrogens with one attached hydrogen (secondary N) is 1. The predicted molar refractivity (Wildman–Crippen MR) is 98.2 cm³/mol. The molecule has 0 saturated carbocycles. The first-order chi connectivity index (χ1) is 13.6. The van der Waals surface area contributed by atoms with Gasteiger partial charge in [-0.05, 0) is 6.42 Å². The van der Waals surface area contributed by atoms with Gasteiger partial charge in [0.15, 0.2) is 27.2 Å². The third kappa shape index (κ3) is 5.89. The smallest absolute Gasteiger partial charge is 0.731 e. The number of carbonyl (C=O) groups excluding carboxylic acids is 3. The normalized spacial score (nSPS) is 18.8. The molecule has 2 atom stereocenters. The van der Waals surface area contributed by atoms with Crippen LogP contribution in [0, 0.1) is 0 Å². The summed E-state index contributed by atoms with van der Waals surface area (Å²) in [4.78, 5) is 45.5. The van der Waals surface area contributed by atoms with E-state index in [4.69, 9.17) is 10.6 Å². The van der Waals surface area contributed by atoms with Gasteiger partial charge in [0.2, 0.25) is 0 Å². The second-order valence-corrected chi connectivity index (χ2v) is 7.85. The van der Waals surface area contributed by atoms with Crippen molar-refractivity contribution in [1.82, 2.24) is 14.6 Å². The molecule has 2 amide bonds. The van der Waals surface area contributed by atoms with E-state index < -0.39 is 40.2 Å². The molecule has 1 aliphatic rings. The molecule has 2 rings (SSSR count). The van der Waals surface area contributed by atoms with Crippen molar-refractivity contribution in [2.75, 3.05) is 19.5 Å². The summed E-state index contributed by atoms with van der Waals surface area (Å²) in [5.74, 6) is -3.46. The number of rotatable bonds is 9. The number of hydrogen-bond donors (Lipinski definition) is 2. The number of oxime groups is 1. The average molecular weight is 471 g/mol. The Labute approximate surface area is 198 Å². The van der Waals surface area contributed by atoms with E-state index in [1.165, 1.54) is 5.38 Å². The number of nitrogens with zero attached hydrogens (tertiary/aromatic N) is 3. The van der Waals surface area contributed by atoms with Gasteiger partial charge in [0.1, 0.15) is 18.3 Å². The molecule has 1 aromatic heterocycles. The molecular weight excluding hydrogens is 453 g/mol. The molecule has 1 saturated heterocycles. The standard InChI is InChI=1S/C14H19N5O8S2.Na/c1-3-4-5-27-18-8(7-6-28-14(15)16-7)11(20)17-9-10(13(22)26-2)19(12(9)21)29(23,24)25;/h6,9-10H,3-5H2,1-2H3,(H2,15,16)(H,17,20)(H,23,24,25);/q;+1/p-1/t9-,10-;/m0./s1. The van der Waals surface area contributed by atoms with Crippen LogP contribution in [0.5, 0.6) is 0 Å². The number of nitrogens with two attached hydrogens (primary N) is 1. The number of ether oxygens (including phenoxy) is 1. The van der Waals surface area contributed by atoms with Crippen molar-refractivity contribution < 1.29 is 66.5 Å². The van der Waals surface area contributed by atoms with Crippen molar-refractivity contribution >= 4 is 50.3 Å². The Morgan fingerprint density at radius 2 is 2.13 bits per heavy atom. The maximum absolute atomic E-state index is 12.6. The van der Waals surface area contributed by atoms with Crippen LogP contribution in [0.3, 0.4) is 0 Å². The van der Waals surface area contributed by atoms with Crippen molar-refractivity contribution in [3.63, 3.8) is 0 Å². The van der Waals surface area contributed by atoms with E-state index in [0.717, 1.165) is 24.9 Å². The Morgan fingerprint density at radius 3 is 2.63 bits per heavy atom. The second-order valence-electron chi connectivity index (χ2n) is 5.71. The van der Waals surface area contributed by atoms with Gasteiger partial charge in [0, 0.05) is 5.38 Å². The summed E-state index contributed by atoms with van der Waals surface area (Å²) in [5.41, 5.74) is 5.27. The fourth-order valence-corrected chi connectivity index (χ4v) is 3.70. The second kappa shape index (κ2) is 11.0. The van der Waals surface area contributed by atoms with E-state index in [9.17, 15) is 27.4 Å². The van der Waals surface area contributed by atoms with Crippen molar-refractivity contribution in [3.8, 4) is 0 Å². The van der Waals surface area contributed by atoms with Crippen LogP contribution >= 0.6 is 11.3 Å². The first kappa shape index (κ1) is 26.3. The zero-order chi connectivity index (χ0) is 21.8. The Kier molecular flexibility index (Phi) is 9.64. The minimum absolute atomic E-state index is 0. The fraction of sp³-hybridized carbons (Fsp3) is 0.500. The maximum Gasteiger partial charge on any atom is 1.00 e. The molecular formula is C14H18N5NaO8S2. The molecule has 0 aliphatic carbocycles. The van der Waals surface area contributed by atoms with E-state index in [1.807, 2.05) is 6.92 Å². The summed E-state index contributed by atoms with van der Waals surface area (Å²) < 4.78 is 37.8. The van der Waals surface area contributed by atoms with Crippen LogP contribution in [0.1, 0.15) is 25.5 Å². The largest absolute Gasteiger partial charge is 1.00 e. The van der Waals surface area contributed by atoms with E-state index in [0.29, 0.717) is 6.42 Å². The summed E-state index contributed by atoms with van der Waals surface area (Å²) in [7, 11) is -4.34. The van der Waals surface area contributed by atoms with Gasteiger partial charge in [-0.2, -0.15) is 0 Å². The molecule has 0 radical (unpaired) electrons. The Hall–Kier alpha value is -1.78. The molecule has 2 heterocycles. The topological polar surface area (TPSA) is 193 Å². The van der Waals surface area contributed by atoms with Gasteiger partial charge in [-0.15, -0.1) is 11.3 Å². The van der Waals surface area contributed by atoms with E-state index in [2.05, 4.69) is 20.2 Å². The minimum atomic E-state index is -5.28. The van der Waals surface area contributed by atoms with Crippen LogP contribution in [0.2, 0.25) is 0 Å². The molecule has 13 nitrogen and oxygen atoms in total. The number of amides is 2. The van der Waals surface area contributed by atoms with Crippen LogP contribution in [0.25, 0.3) is 0 Å². The predicted octanol–water partition coefficient (Wildman–Crippen LogP) is -4.42. The minimum Gasteiger partial charge on any atom is -0.731 e. The van der Waals surface area contributed by atoms with E-state index in [-0.39, 0.29) is 57.0 Å². The Balaban J connectivity index is 0.00000450. The fourth-order valence-electron chi connectivity index (χ4n) is 2.33. The summed E-state index contributed by atoms with van der Waals surface area (Å²) in [6.45, 7) is 2.13. The molecule has 3 N–H and O–H groups in total. The summed E-state index contributed by atoms with van der Waals surface area (Å²) in [6, 6.07) is -3.47. The molecule has 30 heavy (non-hydrogen) atoms. The summed E-state index contributed by atoms with van der Waals surface area (Å²) >= 11 is 1.03. The first-order valence-corrected chi connectivity index (χ1v) is 10.4. The monoisotopic (exact) mass is 471 g/mol. The Morgan fingerprint density at radius 1 is 1.47 bits per heavy atom. The van der Waals surface area contributed by atoms with Gasteiger partial charge < -0.3 is 25.2 Å². The van der Waals surface area contributed by atoms with Crippen molar-refractivity contribution in [2.45, 2.75) is 31.8 Å². The molecule has 160 valence electrons. The number of β-lactam (4-membered cyclic amide) rings is 1. The summed E-state index contributed by atoms with van der Waals surface area (Å²) in [5, 5.41) is 7.44. The Bertz CT molecular complexity index is 935.